The topological polar surface area (TPSA) is 43.4 Å². The van der Waals surface area contributed by atoms with Gasteiger partial charge in [-0.3, -0.25) is 9.59 Å². The predicted molar refractivity (Wildman–Crippen MR) is 80.7 cm³/mol. The van der Waals surface area contributed by atoms with Gasteiger partial charge in [0.1, 0.15) is 6.42 Å². The van der Waals surface area contributed by atoms with E-state index in [9.17, 15) is 9.59 Å². The molecule has 0 saturated heterocycles. The highest BCUT2D eigenvalue weighted by Gasteiger charge is 2.42. The van der Waals surface area contributed by atoms with E-state index in [1.807, 2.05) is 12.1 Å². The van der Waals surface area contributed by atoms with Crippen LogP contribution in [-0.4, -0.2) is 18.9 Å². The van der Waals surface area contributed by atoms with Gasteiger partial charge in [0.25, 0.3) is 0 Å². The average Bonchev–Trinajstić information content (AvgIpc) is 2.85. The van der Waals surface area contributed by atoms with Crippen LogP contribution in [0.4, 0.5) is 0 Å². The van der Waals surface area contributed by atoms with E-state index < -0.39 is 5.97 Å². The van der Waals surface area contributed by atoms with Gasteiger partial charge >= 0.3 is 5.97 Å². The van der Waals surface area contributed by atoms with E-state index in [0.717, 1.165) is 31.3 Å². The summed E-state index contributed by atoms with van der Waals surface area (Å²) in [5.74, 6) is -0.525. The van der Waals surface area contributed by atoms with Gasteiger partial charge in [0.05, 0.1) is 7.11 Å². The smallest absolute Gasteiger partial charge is 0.313 e. The maximum absolute atomic E-state index is 12.5. The van der Waals surface area contributed by atoms with E-state index in [0.29, 0.717) is 0 Å². The van der Waals surface area contributed by atoms with Gasteiger partial charge in [-0.15, -0.1) is 0 Å². The minimum atomic E-state index is -0.453. The molecule has 21 heavy (non-hydrogen) atoms. The molecule has 2 aliphatic carbocycles. The van der Waals surface area contributed by atoms with Crippen molar-refractivity contribution in [2.45, 2.75) is 39.0 Å². The SMILES string of the molecule is COC(=O)CC(=O)C1=C2c3ccccc3CCC2(C)CC1. The fraction of sp³-hybridized carbons (Fsp3) is 0.444. The third kappa shape index (κ3) is 2.31. The standard InChI is InChI=1S/C18H20O3/c1-18-9-7-12-5-3-4-6-13(12)17(18)14(8-10-18)15(19)11-16(20)21-2/h3-6H,7-11H2,1-2H3. The van der Waals surface area contributed by atoms with Crippen LogP contribution in [0.25, 0.3) is 5.57 Å². The van der Waals surface area contributed by atoms with Crippen LogP contribution in [0, 0.1) is 5.41 Å². The number of ether oxygens (including phenoxy) is 1. The largest absolute Gasteiger partial charge is 0.469 e. The Kier molecular flexibility index (Phi) is 3.44. The van der Waals surface area contributed by atoms with Gasteiger partial charge in [-0.1, -0.05) is 31.2 Å². The molecule has 0 saturated carbocycles. The number of fused-ring (bicyclic) bond motifs is 3. The van der Waals surface area contributed by atoms with Crippen LogP contribution < -0.4 is 0 Å². The van der Waals surface area contributed by atoms with E-state index in [1.54, 1.807) is 0 Å². The zero-order valence-corrected chi connectivity index (χ0v) is 12.6. The summed E-state index contributed by atoms with van der Waals surface area (Å²) < 4.78 is 4.63. The molecule has 0 fully saturated rings. The summed E-state index contributed by atoms with van der Waals surface area (Å²) in [5.41, 5.74) is 4.62. The number of esters is 1. The van der Waals surface area contributed by atoms with Crippen molar-refractivity contribution in [1.29, 1.82) is 0 Å². The number of carbonyl (C=O) groups is 2. The molecule has 0 radical (unpaired) electrons. The highest BCUT2D eigenvalue weighted by molar-refractivity contribution is 6.11. The number of aryl methyl sites for hydroxylation is 1. The number of carbonyl (C=O) groups excluding carboxylic acids is 2. The minimum absolute atomic E-state index is 0.0720. The van der Waals surface area contributed by atoms with Gasteiger partial charge in [-0.25, -0.2) is 0 Å². The van der Waals surface area contributed by atoms with Crippen molar-refractivity contribution in [3.05, 3.63) is 41.0 Å². The Bertz CT molecular complexity index is 642. The van der Waals surface area contributed by atoms with Crippen molar-refractivity contribution >= 4 is 17.3 Å². The van der Waals surface area contributed by atoms with Crippen LogP contribution in [-0.2, 0) is 20.7 Å². The fourth-order valence-electron chi connectivity index (χ4n) is 3.73. The van der Waals surface area contributed by atoms with E-state index in [4.69, 9.17) is 0 Å². The molecule has 1 aromatic rings. The summed E-state index contributed by atoms with van der Waals surface area (Å²) in [6.07, 6.45) is 3.77. The normalized spacial score (nSPS) is 23.5. The third-order valence-corrected chi connectivity index (χ3v) is 4.93. The van der Waals surface area contributed by atoms with Gasteiger partial charge < -0.3 is 4.74 Å². The lowest BCUT2D eigenvalue weighted by molar-refractivity contribution is -0.142. The van der Waals surface area contributed by atoms with Crippen molar-refractivity contribution < 1.29 is 14.3 Å². The Morgan fingerprint density at radius 1 is 1.19 bits per heavy atom. The first-order valence-electron chi connectivity index (χ1n) is 7.47. The van der Waals surface area contributed by atoms with Crippen LogP contribution in [0.5, 0.6) is 0 Å². The first-order chi connectivity index (χ1) is 10.0. The molecule has 1 unspecified atom stereocenters. The maximum Gasteiger partial charge on any atom is 0.313 e. The Hall–Kier alpha value is -1.90. The Morgan fingerprint density at radius 2 is 1.90 bits per heavy atom. The van der Waals surface area contributed by atoms with Crippen molar-refractivity contribution in [2.75, 3.05) is 7.11 Å². The van der Waals surface area contributed by atoms with E-state index in [-0.39, 0.29) is 17.6 Å². The molecule has 3 nitrogen and oxygen atoms in total. The first kappa shape index (κ1) is 14.1. The molecular formula is C18H20O3. The minimum Gasteiger partial charge on any atom is -0.469 e. The molecule has 3 heteroatoms. The molecule has 2 aliphatic rings. The van der Waals surface area contributed by atoms with E-state index in [2.05, 4.69) is 23.8 Å². The van der Waals surface area contributed by atoms with Gasteiger partial charge in [-0.05, 0) is 47.8 Å². The zero-order valence-electron chi connectivity index (χ0n) is 12.6. The summed E-state index contributed by atoms with van der Waals surface area (Å²) in [5, 5.41) is 0. The summed E-state index contributed by atoms with van der Waals surface area (Å²) in [4.78, 5) is 23.9. The summed E-state index contributed by atoms with van der Waals surface area (Å²) >= 11 is 0. The Morgan fingerprint density at radius 3 is 2.67 bits per heavy atom. The van der Waals surface area contributed by atoms with Gasteiger partial charge in [0.2, 0.25) is 0 Å². The van der Waals surface area contributed by atoms with Crippen LogP contribution in [0.1, 0.15) is 43.7 Å². The molecular weight excluding hydrogens is 264 g/mol. The number of allylic oxidation sites excluding steroid dienone is 2. The fourth-order valence-corrected chi connectivity index (χ4v) is 3.73. The van der Waals surface area contributed by atoms with E-state index >= 15 is 0 Å². The van der Waals surface area contributed by atoms with Crippen LogP contribution in [0.3, 0.4) is 0 Å². The Labute approximate surface area is 125 Å². The lowest BCUT2D eigenvalue weighted by atomic mass is 9.69. The van der Waals surface area contributed by atoms with Crippen molar-refractivity contribution in [2.24, 2.45) is 5.41 Å². The number of hydrogen-bond donors (Lipinski definition) is 0. The monoisotopic (exact) mass is 284 g/mol. The van der Waals surface area contributed by atoms with Gasteiger partial charge in [-0.2, -0.15) is 0 Å². The third-order valence-electron chi connectivity index (χ3n) is 4.93. The molecule has 1 aromatic carbocycles. The molecule has 0 heterocycles. The van der Waals surface area contributed by atoms with Gasteiger partial charge in [0.15, 0.2) is 5.78 Å². The van der Waals surface area contributed by atoms with Crippen molar-refractivity contribution in [3.8, 4) is 0 Å². The second-order valence-corrected chi connectivity index (χ2v) is 6.25. The maximum atomic E-state index is 12.5. The average molecular weight is 284 g/mol. The summed E-state index contributed by atoms with van der Waals surface area (Å²) in [6.45, 7) is 2.25. The number of ketones is 1. The van der Waals surface area contributed by atoms with Crippen molar-refractivity contribution in [1.82, 2.24) is 0 Å². The number of rotatable bonds is 3. The van der Waals surface area contributed by atoms with Crippen LogP contribution in [0.15, 0.2) is 29.8 Å². The van der Waals surface area contributed by atoms with Crippen LogP contribution >= 0.6 is 0 Å². The second-order valence-electron chi connectivity index (χ2n) is 6.25. The van der Waals surface area contributed by atoms with Crippen molar-refractivity contribution in [3.63, 3.8) is 0 Å². The quantitative estimate of drug-likeness (QED) is 0.631. The molecule has 0 N–H and O–H groups in total. The first-order valence-corrected chi connectivity index (χ1v) is 7.47. The number of hydrogen-bond acceptors (Lipinski definition) is 3. The lowest BCUT2D eigenvalue weighted by Crippen LogP contribution is -2.22. The highest BCUT2D eigenvalue weighted by atomic mass is 16.5. The molecule has 0 aliphatic heterocycles. The van der Waals surface area contributed by atoms with E-state index in [1.165, 1.54) is 23.8 Å². The molecule has 110 valence electrons. The summed E-state index contributed by atoms with van der Waals surface area (Å²) in [7, 11) is 1.32. The number of methoxy groups -OCH3 is 1. The zero-order chi connectivity index (χ0) is 15.0. The lowest BCUT2D eigenvalue weighted by Gasteiger charge is -2.34. The van der Waals surface area contributed by atoms with Crippen LogP contribution in [0.2, 0.25) is 0 Å². The molecule has 3 rings (SSSR count). The number of benzene rings is 1. The molecule has 0 amide bonds. The highest BCUT2D eigenvalue weighted by Crippen LogP contribution is 2.54. The molecule has 1 atom stereocenters. The predicted octanol–water partition coefficient (Wildman–Crippen LogP) is 3.32. The number of Topliss-reactive ketones (excluding diaryl/α,β-unsaturated/α-hetero) is 1. The second kappa shape index (κ2) is 5.14. The Balaban J connectivity index is 2.06. The van der Waals surface area contributed by atoms with Gasteiger partial charge in [0, 0.05) is 5.57 Å². The molecule has 0 bridgehead atoms. The molecule has 0 spiro atoms. The molecule has 0 aromatic heterocycles. The summed E-state index contributed by atoms with van der Waals surface area (Å²) in [6, 6.07) is 8.33.